The van der Waals surface area contributed by atoms with Gasteiger partial charge in [0.25, 0.3) is 0 Å². The van der Waals surface area contributed by atoms with Crippen LogP contribution >= 0.6 is 0 Å². The van der Waals surface area contributed by atoms with Crippen molar-refractivity contribution in [1.82, 2.24) is 0 Å². The summed E-state index contributed by atoms with van der Waals surface area (Å²) in [5.74, 6) is 0.235. The van der Waals surface area contributed by atoms with E-state index in [1.807, 2.05) is 33.8 Å². The second kappa shape index (κ2) is 6.37. The van der Waals surface area contributed by atoms with Gasteiger partial charge in [-0.2, -0.15) is 0 Å². The van der Waals surface area contributed by atoms with Crippen molar-refractivity contribution in [3.8, 4) is 0 Å². The molecule has 1 aliphatic heterocycles. The Kier molecular flexibility index (Phi) is 4.82. The summed E-state index contributed by atoms with van der Waals surface area (Å²) in [6, 6.07) is 6.34. The molecule has 0 atom stereocenters. The van der Waals surface area contributed by atoms with E-state index in [9.17, 15) is 8.42 Å². The molecule has 1 saturated heterocycles. The van der Waals surface area contributed by atoms with Crippen LogP contribution in [0.5, 0.6) is 0 Å². The van der Waals surface area contributed by atoms with Crippen LogP contribution in [0.15, 0.2) is 24.3 Å². The number of nitrogens with two attached hydrogens (primary N) is 1. The van der Waals surface area contributed by atoms with E-state index in [0.29, 0.717) is 18.3 Å². The molecule has 1 heterocycles. The van der Waals surface area contributed by atoms with Gasteiger partial charge in [-0.15, -0.1) is 0 Å². The van der Waals surface area contributed by atoms with Crippen molar-refractivity contribution in [2.75, 3.05) is 5.73 Å². The van der Waals surface area contributed by atoms with E-state index in [1.165, 1.54) is 17.6 Å². The first-order valence-corrected chi connectivity index (χ1v) is 11.6. The van der Waals surface area contributed by atoms with Crippen LogP contribution in [0.2, 0.25) is 0 Å². The van der Waals surface area contributed by atoms with Crippen LogP contribution in [0.1, 0.15) is 90.7 Å². The van der Waals surface area contributed by atoms with E-state index in [4.69, 9.17) is 5.73 Å². The first kappa shape index (κ1) is 20.4. The zero-order valence-electron chi connectivity index (χ0n) is 17.7. The Morgan fingerprint density at radius 3 is 2.11 bits per heavy atom. The molecule has 27 heavy (non-hydrogen) atoms. The van der Waals surface area contributed by atoms with Gasteiger partial charge in [-0.3, -0.25) is 0 Å². The predicted octanol–water partition coefficient (Wildman–Crippen LogP) is 5.71. The highest BCUT2D eigenvalue weighted by atomic mass is 32.2. The van der Waals surface area contributed by atoms with E-state index in [1.54, 1.807) is 0 Å². The second-order valence-corrected chi connectivity index (χ2v) is 13.8. The van der Waals surface area contributed by atoms with Gasteiger partial charge in [0.2, 0.25) is 0 Å². The average molecular weight is 390 g/mol. The van der Waals surface area contributed by atoms with Crippen LogP contribution in [0, 0.1) is 5.41 Å². The molecule has 0 amide bonds. The van der Waals surface area contributed by atoms with E-state index >= 15 is 0 Å². The highest BCUT2D eigenvalue weighted by molar-refractivity contribution is 7.94. The number of allylic oxidation sites excluding steroid dienone is 2. The Bertz CT molecular complexity index is 852. The molecule has 0 unspecified atom stereocenters. The second-order valence-electron chi connectivity index (χ2n) is 10.6. The van der Waals surface area contributed by atoms with Crippen molar-refractivity contribution in [3.63, 3.8) is 0 Å². The molecule has 0 aromatic heterocycles. The van der Waals surface area contributed by atoms with Gasteiger partial charge in [0.15, 0.2) is 9.84 Å². The average Bonchev–Trinajstić information content (AvgIpc) is 2.53. The summed E-state index contributed by atoms with van der Waals surface area (Å²) in [6.07, 6.45) is 6.97. The molecule has 0 spiro atoms. The van der Waals surface area contributed by atoms with Crippen molar-refractivity contribution in [2.45, 2.75) is 89.1 Å². The van der Waals surface area contributed by atoms with Crippen molar-refractivity contribution >= 4 is 21.1 Å². The summed E-state index contributed by atoms with van der Waals surface area (Å²) in [5.41, 5.74) is 11.2. The largest absolute Gasteiger partial charge is 0.398 e. The molecule has 4 heteroatoms. The molecule has 0 radical (unpaired) electrons. The van der Waals surface area contributed by atoms with Crippen molar-refractivity contribution < 1.29 is 8.42 Å². The monoisotopic (exact) mass is 389 g/mol. The normalized spacial score (nSPS) is 26.4. The highest BCUT2D eigenvalue weighted by Crippen LogP contribution is 2.49. The summed E-state index contributed by atoms with van der Waals surface area (Å²) in [6.45, 7) is 12.1. The van der Waals surface area contributed by atoms with Crippen LogP contribution in [-0.4, -0.2) is 17.9 Å². The Morgan fingerprint density at radius 2 is 1.59 bits per heavy atom. The fourth-order valence-corrected chi connectivity index (χ4v) is 7.23. The van der Waals surface area contributed by atoms with Crippen molar-refractivity contribution in [3.05, 3.63) is 35.4 Å². The Balaban J connectivity index is 1.97. The van der Waals surface area contributed by atoms with Crippen LogP contribution in [0.4, 0.5) is 5.69 Å². The Morgan fingerprint density at radius 1 is 1.00 bits per heavy atom. The maximum absolute atomic E-state index is 12.9. The zero-order valence-corrected chi connectivity index (χ0v) is 18.5. The number of nitrogen functional groups attached to an aromatic ring is 1. The molecule has 2 aliphatic rings. The third-order valence-corrected chi connectivity index (χ3v) is 10.0. The number of rotatable bonds is 2. The van der Waals surface area contributed by atoms with Crippen LogP contribution < -0.4 is 5.73 Å². The van der Waals surface area contributed by atoms with Gasteiger partial charge in [0.05, 0.1) is 9.49 Å². The number of benzene rings is 1. The minimum atomic E-state index is -3.17. The number of hydrogen-bond donors (Lipinski definition) is 1. The lowest BCUT2D eigenvalue weighted by molar-refractivity contribution is 0.335. The first-order chi connectivity index (χ1) is 12.3. The minimum Gasteiger partial charge on any atom is -0.398 e. The minimum absolute atomic E-state index is 0.235. The Labute approximate surface area is 165 Å². The fraction of sp³-hybridized carbons (Fsp3) is 0.652. The van der Waals surface area contributed by atoms with Gasteiger partial charge >= 0.3 is 0 Å². The van der Waals surface area contributed by atoms with E-state index < -0.39 is 19.3 Å². The topological polar surface area (TPSA) is 60.2 Å². The standard InChI is InChI=1S/C23H35NO2S/c1-21(2)11-9-16(10-12-21)19-13-17(7-8-20(19)24)18-14-22(3,4)27(25,26)23(5,6)15-18/h7-9,13,18H,10-12,14-15,24H2,1-6H3. The Hall–Kier alpha value is -1.29. The SMILES string of the molecule is CC1(C)CC=C(c2cc(C3CC(C)(C)S(=O)(=O)C(C)(C)C3)ccc2N)CC1. The molecule has 1 aromatic rings. The van der Waals surface area contributed by atoms with Crippen LogP contribution in [0.25, 0.3) is 5.57 Å². The van der Waals surface area contributed by atoms with E-state index in [-0.39, 0.29) is 5.92 Å². The lowest BCUT2D eigenvalue weighted by Gasteiger charge is -2.44. The van der Waals surface area contributed by atoms with E-state index in [0.717, 1.165) is 24.1 Å². The summed E-state index contributed by atoms with van der Waals surface area (Å²) in [4.78, 5) is 0. The molecule has 1 fully saturated rings. The molecule has 1 aliphatic carbocycles. The maximum atomic E-state index is 12.9. The van der Waals surface area contributed by atoms with Gasteiger partial charge < -0.3 is 5.73 Å². The van der Waals surface area contributed by atoms with Gasteiger partial charge in [0.1, 0.15) is 0 Å². The van der Waals surface area contributed by atoms with Crippen molar-refractivity contribution in [2.24, 2.45) is 5.41 Å². The molecule has 3 nitrogen and oxygen atoms in total. The highest BCUT2D eigenvalue weighted by Gasteiger charge is 2.52. The molecular formula is C23H35NO2S. The van der Waals surface area contributed by atoms with Crippen LogP contribution in [-0.2, 0) is 9.84 Å². The first-order valence-electron chi connectivity index (χ1n) is 10.1. The zero-order chi connectivity index (χ0) is 20.3. The fourth-order valence-electron chi connectivity index (χ4n) is 4.89. The predicted molar refractivity (Wildman–Crippen MR) is 116 cm³/mol. The molecule has 3 rings (SSSR count). The van der Waals surface area contributed by atoms with Gasteiger partial charge in [-0.1, -0.05) is 26.0 Å². The molecule has 2 N–H and O–H groups in total. The van der Waals surface area contributed by atoms with Crippen molar-refractivity contribution in [1.29, 1.82) is 0 Å². The maximum Gasteiger partial charge on any atom is 0.160 e. The summed E-state index contributed by atoms with van der Waals surface area (Å²) < 4.78 is 24.4. The molecule has 1 aromatic carbocycles. The summed E-state index contributed by atoms with van der Waals surface area (Å²) in [5, 5.41) is 0. The van der Waals surface area contributed by atoms with Gasteiger partial charge in [-0.05, 0) is 94.4 Å². The van der Waals surface area contributed by atoms with E-state index in [2.05, 4.69) is 32.1 Å². The lowest BCUT2D eigenvalue weighted by atomic mass is 9.76. The molecule has 0 bridgehead atoms. The number of sulfone groups is 1. The summed E-state index contributed by atoms with van der Waals surface area (Å²) in [7, 11) is -3.17. The quantitative estimate of drug-likeness (QED) is 0.659. The van der Waals surface area contributed by atoms with Crippen LogP contribution in [0.3, 0.4) is 0 Å². The lowest BCUT2D eigenvalue weighted by Crippen LogP contribution is -2.51. The number of hydrogen-bond acceptors (Lipinski definition) is 3. The molecule has 0 saturated carbocycles. The smallest absolute Gasteiger partial charge is 0.160 e. The third kappa shape index (κ3) is 3.57. The molecule has 150 valence electrons. The third-order valence-electron chi connectivity index (χ3n) is 6.80. The molecular weight excluding hydrogens is 354 g/mol. The number of anilines is 1. The van der Waals surface area contributed by atoms with Gasteiger partial charge in [-0.25, -0.2) is 8.42 Å². The summed E-state index contributed by atoms with van der Waals surface area (Å²) >= 11 is 0. The van der Waals surface area contributed by atoms with Gasteiger partial charge in [0, 0.05) is 11.3 Å².